The molecule has 0 amide bonds. The van der Waals surface area contributed by atoms with Gasteiger partial charge in [-0.15, -0.1) is 11.6 Å². The topological polar surface area (TPSA) is 57.9 Å². The minimum Gasteiger partial charge on any atom is -0.223 e. The number of hydrogen-bond acceptors (Lipinski definition) is 3. The lowest BCUT2D eigenvalue weighted by atomic mass is 10.2. The van der Waals surface area contributed by atoms with Gasteiger partial charge in [-0.05, 0) is 41.4 Å². The lowest BCUT2D eigenvalue weighted by Gasteiger charge is -2.13. The first-order valence-corrected chi connectivity index (χ1v) is 7.81. The second-order valence-corrected chi connectivity index (χ2v) is 7.12. The van der Waals surface area contributed by atoms with Crippen LogP contribution in [0.4, 0.5) is 0 Å². The second-order valence-electron chi connectivity index (χ2n) is 3.56. The summed E-state index contributed by atoms with van der Waals surface area (Å²) in [5.74, 6) is 0.274. The number of nitriles is 1. The molecule has 1 rings (SSSR count). The molecule has 0 aromatic heterocycles. The van der Waals surface area contributed by atoms with E-state index in [0.717, 1.165) is 0 Å². The zero-order chi connectivity index (χ0) is 13.1. The molecule has 1 unspecified atom stereocenters. The van der Waals surface area contributed by atoms with E-state index in [1.165, 1.54) is 6.07 Å². The molecule has 1 atom stereocenters. The summed E-state index contributed by atoms with van der Waals surface area (Å²) in [7, 11) is -3.50. The van der Waals surface area contributed by atoms with Crippen LogP contribution < -0.4 is 0 Å². The largest absolute Gasteiger partial charge is 0.223 e. The first-order chi connectivity index (χ1) is 7.95. The molecule has 0 N–H and O–H groups in total. The molecule has 0 fully saturated rings. The maximum atomic E-state index is 12.2. The summed E-state index contributed by atoms with van der Waals surface area (Å²) in [5.41, 5.74) is 0.147. The Hall–Kier alpha value is -0.570. The SMILES string of the molecule is CC(CCCl)S(=O)(=O)c1cccc(Br)c1C#N. The summed E-state index contributed by atoms with van der Waals surface area (Å²) in [4.78, 5) is 0.0620. The van der Waals surface area contributed by atoms with Crippen LogP contribution in [-0.2, 0) is 9.84 Å². The number of nitrogens with zero attached hydrogens (tertiary/aromatic N) is 1. The van der Waals surface area contributed by atoms with E-state index in [1.54, 1.807) is 19.1 Å². The van der Waals surface area contributed by atoms with Gasteiger partial charge in [0.1, 0.15) is 6.07 Å². The molecule has 0 aliphatic rings. The van der Waals surface area contributed by atoms with Crippen molar-refractivity contribution in [3.8, 4) is 6.07 Å². The van der Waals surface area contributed by atoms with Crippen LogP contribution in [0.25, 0.3) is 0 Å². The molecule has 0 aliphatic heterocycles. The fraction of sp³-hybridized carbons (Fsp3) is 0.364. The van der Waals surface area contributed by atoms with E-state index in [1.807, 2.05) is 6.07 Å². The first-order valence-electron chi connectivity index (χ1n) is 4.93. The van der Waals surface area contributed by atoms with Crippen molar-refractivity contribution in [2.24, 2.45) is 0 Å². The molecule has 1 aromatic carbocycles. The van der Waals surface area contributed by atoms with Gasteiger partial charge in [-0.2, -0.15) is 5.26 Å². The number of benzene rings is 1. The fourth-order valence-corrected chi connectivity index (χ4v) is 3.99. The van der Waals surface area contributed by atoms with Gasteiger partial charge in [-0.3, -0.25) is 0 Å². The second kappa shape index (κ2) is 5.85. The van der Waals surface area contributed by atoms with Gasteiger partial charge in [0.15, 0.2) is 9.84 Å². The maximum absolute atomic E-state index is 12.2. The van der Waals surface area contributed by atoms with Crippen molar-refractivity contribution in [1.82, 2.24) is 0 Å². The van der Waals surface area contributed by atoms with Gasteiger partial charge in [0, 0.05) is 10.4 Å². The summed E-state index contributed by atoms with van der Waals surface area (Å²) in [6.45, 7) is 1.60. The zero-order valence-electron chi connectivity index (χ0n) is 9.15. The van der Waals surface area contributed by atoms with Crippen LogP contribution in [0, 0.1) is 11.3 Å². The van der Waals surface area contributed by atoms with E-state index in [9.17, 15) is 8.42 Å². The quantitative estimate of drug-likeness (QED) is 0.794. The van der Waals surface area contributed by atoms with Gasteiger partial charge in [-0.1, -0.05) is 6.07 Å². The lowest BCUT2D eigenvalue weighted by molar-refractivity contribution is 0.581. The normalized spacial score (nSPS) is 13.1. The first kappa shape index (κ1) is 14.5. The lowest BCUT2D eigenvalue weighted by Crippen LogP contribution is -2.19. The Balaban J connectivity index is 3.35. The van der Waals surface area contributed by atoms with Crippen molar-refractivity contribution in [1.29, 1.82) is 5.26 Å². The van der Waals surface area contributed by atoms with Crippen molar-refractivity contribution in [3.63, 3.8) is 0 Å². The average molecular weight is 337 g/mol. The van der Waals surface area contributed by atoms with E-state index >= 15 is 0 Å². The molecule has 6 heteroatoms. The van der Waals surface area contributed by atoms with Crippen molar-refractivity contribution < 1.29 is 8.42 Å². The Morgan fingerprint density at radius 3 is 2.71 bits per heavy atom. The number of hydrogen-bond donors (Lipinski definition) is 0. The zero-order valence-corrected chi connectivity index (χ0v) is 12.3. The van der Waals surface area contributed by atoms with E-state index in [2.05, 4.69) is 15.9 Å². The number of alkyl halides is 1. The molecule has 0 heterocycles. The van der Waals surface area contributed by atoms with Crippen LogP contribution in [-0.4, -0.2) is 19.5 Å². The molecule has 17 heavy (non-hydrogen) atoms. The molecule has 0 saturated heterocycles. The van der Waals surface area contributed by atoms with E-state index in [0.29, 0.717) is 10.9 Å². The summed E-state index contributed by atoms with van der Waals surface area (Å²) in [5, 5.41) is 8.41. The van der Waals surface area contributed by atoms with E-state index in [-0.39, 0.29) is 16.3 Å². The molecular weight excluding hydrogens is 326 g/mol. The smallest absolute Gasteiger partial charge is 0.182 e. The van der Waals surface area contributed by atoms with Gasteiger partial charge in [0.25, 0.3) is 0 Å². The fourth-order valence-electron chi connectivity index (χ4n) is 1.38. The molecule has 0 bridgehead atoms. The van der Waals surface area contributed by atoms with E-state index in [4.69, 9.17) is 16.9 Å². The Morgan fingerprint density at radius 1 is 1.53 bits per heavy atom. The summed E-state index contributed by atoms with van der Waals surface area (Å²) >= 11 is 8.73. The molecule has 0 spiro atoms. The minimum atomic E-state index is -3.50. The molecule has 3 nitrogen and oxygen atoms in total. The Bertz CT molecular complexity index is 551. The van der Waals surface area contributed by atoms with Crippen molar-refractivity contribution in [2.45, 2.75) is 23.5 Å². The summed E-state index contributed by atoms with van der Waals surface area (Å²) < 4.78 is 24.9. The third-order valence-electron chi connectivity index (χ3n) is 2.44. The highest BCUT2D eigenvalue weighted by atomic mass is 79.9. The van der Waals surface area contributed by atoms with Crippen molar-refractivity contribution >= 4 is 37.4 Å². The van der Waals surface area contributed by atoms with Gasteiger partial charge < -0.3 is 0 Å². The van der Waals surface area contributed by atoms with Gasteiger partial charge >= 0.3 is 0 Å². The van der Waals surface area contributed by atoms with Gasteiger partial charge in [-0.25, -0.2) is 8.42 Å². The molecule has 0 radical (unpaired) electrons. The van der Waals surface area contributed by atoms with Crippen LogP contribution in [0.1, 0.15) is 18.9 Å². The summed E-state index contributed by atoms with van der Waals surface area (Å²) in [6.07, 6.45) is 0.362. The van der Waals surface area contributed by atoms with Gasteiger partial charge in [0.2, 0.25) is 0 Å². The van der Waals surface area contributed by atoms with Crippen LogP contribution in [0.15, 0.2) is 27.6 Å². The molecule has 0 aliphatic carbocycles. The van der Waals surface area contributed by atoms with Crippen LogP contribution >= 0.6 is 27.5 Å². The highest BCUT2D eigenvalue weighted by Gasteiger charge is 2.26. The third-order valence-corrected chi connectivity index (χ3v) is 5.57. The molecule has 0 saturated carbocycles. The predicted molar refractivity (Wildman–Crippen MR) is 70.8 cm³/mol. The monoisotopic (exact) mass is 335 g/mol. The molecular formula is C11H11BrClNO2S. The highest BCUT2D eigenvalue weighted by Crippen LogP contribution is 2.27. The van der Waals surface area contributed by atoms with Crippen LogP contribution in [0.2, 0.25) is 0 Å². The third kappa shape index (κ3) is 3.01. The van der Waals surface area contributed by atoms with Crippen molar-refractivity contribution in [2.75, 3.05) is 5.88 Å². The Kier molecular flexibility index (Phi) is 4.99. The maximum Gasteiger partial charge on any atom is 0.182 e. The Labute approximate surface area is 114 Å². The standard InChI is InChI=1S/C11H11BrClNO2S/c1-8(5-6-13)17(15,16)11-4-2-3-10(12)9(11)7-14/h2-4,8H,5-6H2,1H3. The molecule has 92 valence electrons. The number of sulfone groups is 1. The predicted octanol–water partition coefficient (Wildman–Crippen LogP) is 3.11. The average Bonchev–Trinajstić information content (AvgIpc) is 2.29. The van der Waals surface area contributed by atoms with E-state index < -0.39 is 15.1 Å². The highest BCUT2D eigenvalue weighted by molar-refractivity contribution is 9.10. The molecule has 1 aromatic rings. The Morgan fingerprint density at radius 2 is 2.18 bits per heavy atom. The van der Waals surface area contributed by atoms with Crippen LogP contribution in [0.5, 0.6) is 0 Å². The van der Waals surface area contributed by atoms with Crippen LogP contribution in [0.3, 0.4) is 0 Å². The minimum absolute atomic E-state index is 0.0620. The number of halogens is 2. The van der Waals surface area contributed by atoms with Gasteiger partial charge in [0.05, 0.1) is 15.7 Å². The summed E-state index contributed by atoms with van der Waals surface area (Å²) in [6, 6.07) is 6.60. The number of rotatable bonds is 4. The van der Waals surface area contributed by atoms with Crippen molar-refractivity contribution in [3.05, 3.63) is 28.2 Å².